The lowest BCUT2D eigenvalue weighted by Gasteiger charge is -2.30. The summed E-state index contributed by atoms with van der Waals surface area (Å²) in [5, 5.41) is 18.4. The number of hydrogen-bond donors (Lipinski definition) is 2. The Morgan fingerprint density at radius 1 is 1.32 bits per heavy atom. The lowest BCUT2D eigenvalue weighted by Crippen LogP contribution is -2.39. The van der Waals surface area contributed by atoms with Crippen LogP contribution >= 0.6 is 15.9 Å². The molecule has 1 unspecified atom stereocenters. The molecule has 1 atom stereocenters. The number of carbonyl (C=O) groups is 1. The molecule has 0 aliphatic heterocycles. The maximum Gasteiger partial charge on any atom is 0.180 e. The van der Waals surface area contributed by atoms with Gasteiger partial charge in [0.15, 0.2) is 6.29 Å². The molecule has 124 valence electrons. The number of aliphatic hydroxyl groups excluding tert-OH is 1. The van der Waals surface area contributed by atoms with Gasteiger partial charge in [0.1, 0.15) is 11.4 Å². The second kappa shape index (κ2) is 7.68. The molecule has 4 nitrogen and oxygen atoms in total. The zero-order valence-corrected chi connectivity index (χ0v) is 15.2. The van der Waals surface area contributed by atoms with Gasteiger partial charge in [-0.05, 0) is 58.2 Å². The van der Waals surface area contributed by atoms with Crippen LogP contribution in [-0.2, 0) is 14.9 Å². The molecule has 0 amide bonds. The molecule has 5 heteroatoms. The monoisotopic (exact) mass is 372 g/mol. The Balaban J connectivity index is 2.72. The van der Waals surface area contributed by atoms with E-state index in [1.807, 2.05) is 31.2 Å². The summed E-state index contributed by atoms with van der Waals surface area (Å²) in [4.78, 5) is 12.1. The fourth-order valence-corrected chi connectivity index (χ4v) is 2.59. The molecule has 0 aromatic heterocycles. The van der Waals surface area contributed by atoms with Crippen molar-refractivity contribution in [3.05, 3.63) is 34.3 Å². The Hall–Kier alpha value is -0.750. The number of ketones is 1. The molecule has 1 rings (SSSR count). The molecular weight excluding hydrogens is 348 g/mol. The van der Waals surface area contributed by atoms with Gasteiger partial charge in [-0.2, -0.15) is 0 Å². The van der Waals surface area contributed by atoms with Gasteiger partial charge in [-0.3, -0.25) is 4.79 Å². The first-order chi connectivity index (χ1) is 10.1. The Labute approximate surface area is 140 Å². The molecule has 0 radical (unpaired) electrons. The summed E-state index contributed by atoms with van der Waals surface area (Å²) in [5.74, 6) is 0.104. The second-order valence-electron chi connectivity index (χ2n) is 6.33. The quantitative estimate of drug-likeness (QED) is 0.543. The summed E-state index contributed by atoms with van der Waals surface area (Å²) >= 11 is 3.44. The molecule has 0 heterocycles. The largest absolute Gasteiger partial charge is 0.370 e. The van der Waals surface area contributed by atoms with Gasteiger partial charge < -0.3 is 14.9 Å². The highest BCUT2D eigenvalue weighted by Gasteiger charge is 2.32. The smallest absolute Gasteiger partial charge is 0.180 e. The Morgan fingerprint density at radius 2 is 1.95 bits per heavy atom. The number of rotatable bonds is 8. The van der Waals surface area contributed by atoms with Crippen molar-refractivity contribution in [2.24, 2.45) is 0 Å². The maximum absolute atomic E-state index is 12.1. The van der Waals surface area contributed by atoms with E-state index in [1.165, 1.54) is 0 Å². The van der Waals surface area contributed by atoms with Crippen molar-refractivity contribution in [1.29, 1.82) is 0 Å². The summed E-state index contributed by atoms with van der Waals surface area (Å²) in [6, 6.07) is 7.76. The van der Waals surface area contributed by atoms with Gasteiger partial charge in [0.05, 0.1) is 5.41 Å². The summed E-state index contributed by atoms with van der Waals surface area (Å²) in [7, 11) is 0. The standard InChI is InChI=1S/C17H25BrO4/c1-12(19)17(4,13-7-5-8-14(18)11-13)9-6-10-22-16(2,3)15(20)21/h5,7-8,11,15,20-21H,6,9-10H2,1-4H3. The molecule has 0 aliphatic rings. The summed E-state index contributed by atoms with van der Waals surface area (Å²) in [6.07, 6.45) is -0.244. The molecule has 0 saturated heterocycles. The lowest BCUT2D eigenvalue weighted by atomic mass is 9.75. The Morgan fingerprint density at radius 3 is 2.45 bits per heavy atom. The predicted molar refractivity (Wildman–Crippen MR) is 89.7 cm³/mol. The Bertz CT molecular complexity index is 513. The van der Waals surface area contributed by atoms with Crippen LogP contribution in [0, 0.1) is 0 Å². The average Bonchev–Trinajstić information content (AvgIpc) is 2.43. The Kier molecular flexibility index (Phi) is 6.74. The normalized spacial score (nSPS) is 14.9. The summed E-state index contributed by atoms with van der Waals surface area (Å²) in [5.41, 5.74) is -0.617. The highest BCUT2D eigenvalue weighted by Crippen LogP contribution is 2.32. The van der Waals surface area contributed by atoms with E-state index in [0.29, 0.717) is 19.4 Å². The third kappa shape index (κ3) is 4.88. The molecule has 0 aliphatic carbocycles. The van der Waals surface area contributed by atoms with E-state index >= 15 is 0 Å². The molecule has 0 bridgehead atoms. The van der Waals surface area contributed by atoms with E-state index in [9.17, 15) is 15.0 Å². The molecule has 1 aromatic rings. The van der Waals surface area contributed by atoms with Gasteiger partial charge in [-0.1, -0.05) is 28.1 Å². The maximum atomic E-state index is 12.1. The number of carbonyl (C=O) groups excluding carboxylic acids is 1. The van der Waals surface area contributed by atoms with Crippen molar-refractivity contribution in [3.8, 4) is 0 Å². The molecule has 1 aromatic carbocycles. The average molecular weight is 373 g/mol. The minimum atomic E-state index is -1.53. The zero-order valence-electron chi connectivity index (χ0n) is 13.6. The van der Waals surface area contributed by atoms with E-state index in [4.69, 9.17) is 4.74 Å². The van der Waals surface area contributed by atoms with Crippen LogP contribution in [-0.4, -0.2) is 34.5 Å². The van der Waals surface area contributed by atoms with E-state index in [0.717, 1.165) is 10.0 Å². The van der Waals surface area contributed by atoms with Gasteiger partial charge in [0.2, 0.25) is 0 Å². The summed E-state index contributed by atoms with van der Waals surface area (Å²) in [6.45, 7) is 7.14. The van der Waals surface area contributed by atoms with Crippen LogP contribution in [0.2, 0.25) is 0 Å². The van der Waals surface area contributed by atoms with Crippen molar-refractivity contribution < 1.29 is 19.7 Å². The SMILES string of the molecule is CC(=O)C(C)(CCCOC(C)(C)C(O)O)c1cccc(Br)c1. The van der Waals surface area contributed by atoms with E-state index in [2.05, 4.69) is 15.9 Å². The molecule has 2 N–H and O–H groups in total. The number of hydrogen-bond acceptors (Lipinski definition) is 4. The minimum Gasteiger partial charge on any atom is -0.370 e. The second-order valence-corrected chi connectivity index (χ2v) is 7.24. The van der Waals surface area contributed by atoms with Gasteiger partial charge in [-0.15, -0.1) is 0 Å². The first kappa shape index (κ1) is 19.3. The van der Waals surface area contributed by atoms with Crippen LogP contribution in [0.15, 0.2) is 28.7 Å². The number of halogens is 1. The first-order valence-corrected chi connectivity index (χ1v) is 8.16. The van der Waals surface area contributed by atoms with E-state index < -0.39 is 17.3 Å². The number of aliphatic hydroxyl groups is 2. The van der Waals surface area contributed by atoms with Crippen LogP contribution in [0.1, 0.15) is 46.1 Å². The van der Waals surface area contributed by atoms with Crippen molar-refractivity contribution in [2.45, 2.75) is 57.8 Å². The number of Topliss-reactive ketones (excluding diaryl/α,β-unsaturated/α-hetero) is 1. The first-order valence-electron chi connectivity index (χ1n) is 7.37. The van der Waals surface area contributed by atoms with Crippen LogP contribution in [0.5, 0.6) is 0 Å². The molecular formula is C17H25BrO4. The van der Waals surface area contributed by atoms with Gasteiger partial charge >= 0.3 is 0 Å². The van der Waals surface area contributed by atoms with Crippen molar-refractivity contribution in [2.75, 3.05) is 6.61 Å². The van der Waals surface area contributed by atoms with Crippen LogP contribution < -0.4 is 0 Å². The number of ether oxygens (including phenoxy) is 1. The highest BCUT2D eigenvalue weighted by atomic mass is 79.9. The van der Waals surface area contributed by atoms with Gasteiger partial charge in [0, 0.05) is 11.1 Å². The third-order valence-electron chi connectivity index (χ3n) is 4.16. The highest BCUT2D eigenvalue weighted by molar-refractivity contribution is 9.10. The summed E-state index contributed by atoms with van der Waals surface area (Å²) < 4.78 is 6.45. The van der Waals surface area contributed by atoms with Crippen molar-refractivity contribution in [3.63, 3.8) is 0 Å². The van der Waals surface area contributed by atoms with Crippen LogP contribution in [0.25, 0.3) is 0 Å². The van der Waals surface area contributed by atoms with E-state index in [1.54, 1.807) is 20.8 Å². The fraction of sp³-hybridized carbons (Fsp3) is 0.588. The predicted octanol–water partition coefficient (Wildman–Crippen LogP) is 3.18. The lowest BCUT2D eigenvalue weighted by molar-refractivity contribution is -0.193. The van der Waals surface area contributed by atoms with Crippen LogP contribution in [0.4, 0.5) is 0 Å². The molecule has 22 heavy (non-hydrogen) atoms. The zero-order chi connectivity index (χ0) is 17.0. The molecule has 0 saturated carbocycles. The van der Waals surface area contributed by atoms with E-state index in [-0.39, 0.29) is 5.78 Å². The van der Waals surface area contributed by atoms with Crippen LogP contribution in [0.3, 0.4) is 0 Å². The minimum absolute atomic E-state index is 0.104. The van der Waals surface area contributed by atoms with Crippen molar-refractivity contribution in [1.82, 2.24) is 0 Å². The fourth-order valence-electron chi connectivity index (χ4n) is 2.19. The van der Waals surface area contributed by atoms with Crippen molar-refractivity contribution >= 4 is 21.7 Å². The number of benzene rings is 1. The van der Waals surface area contributed by atoms with Gasteiger partial charge in [-0.25, -0.2) is 0 Å². The third-order valence-corrected chi connectivity index (χ3v) is 4.65. The van der Waals surface area contributed by atoms with Gasteiger partial charge in [0.25, 0.3) is 0 Å². The topological polar surface area (TPSA) is 66.8 Å². The molecule has 0 fully saturated rings. The molecule has 0 spiro atoms.